The molecule has 7 nitrogen and oxygen atoms in total. The molecular formula is C10H11N5O2. The lowest BCUT2D eigenvalue weighted by atomic mass is 10.2. The molecule has 0 bridgehead atoms. The van der Waals surface area contributed by atoms with E-state index in [1.807, 2.05) is 0 Å². The van der Waals surface area contributed by atoms with Gasteiger partial charge in [-0.1, -0.05) is 0 Å². The molecule has 0 saturated carbocycles. The Bertz CT molecular complexity index is 573. The first-order valence-electron chi connectivity index (χ1n) is 4.99. The Morgan fingerprint density at radius 1 is 1.59 bits per heavy atom. The summed E-state index contributed by atoms with van der Waals surface area (Å²) in [6.07, 6.45) is 4.64. The van der Waals surface area contributed by atoms with Gasteiger partial charge in [0.05, 0.1) is 6.42 Å². The van der Waals surface area contributed by atoms with Crippen LogP contribution in [0.25, 0.3) is 5.95 Å². The summed E-state index contributed by atoms with van der Waals surface area (Å²) < 4.78 is 1.44. The summed E-state index contributed by atoms with van der Waals surface area (Å²) in [7, 11) is 1.52. The molecule has 2 aromatic heterocycles. The molecule has 0 aromatic carbocycles. The average Bonchev–Trinajstić information content (AvgIpc) is 2.85. The van der Waals surface area contributed by atoms with Crippen LogP contribution in [0.15, 0.2) is 29.5 Å². The van der Waals surface area contributed by atoms with Gasteiger partial charge < -0.3 is 5.32 Å². The average molecular weight is 233 g/mol. The van der Waals surface area contributed by atoms with Crippen LogP contribution in [-0.2, 0) is 11.2 Å². The third-order valence-corrected chi connectivity index (χ3v) is 2.21. The molecule has 1 amide bonds. The van der Waals surface area contributed by atoms with Crippen molar-refractivity contribution < 1.29 is 4.79 Å². The van der Waals surface area contributed by atoms with E-state index < -0.39 is 0 Å². The highest BCUT2D eigenvalue weighted by molar-refractivity contribution is 5.77. The van der Waals surface area contributed by atoms with Crippen LogP contribution in [-0.4, -0.2) is 32.7 Å². The van der Waals surface area contributed by atoms with Crippen molar-refractivity contribution in [1.29, 1.82) is 0 Å². The number of rotatable bonds is 3. The first-order valence-corrected chi connectivity index (χ1v) is 4.99. The molecule has 2 N–H and O–H groups in total. The van der Waals surface area contributed by atoms with Gasteiger partial charge in [0.1, 0.15) is 0 Å². The minimum Gasteiger partial charge on any atom is -0.359 e. The van der Waals surface area contributed by atoms with Gasteiger partial charge in [-0.3, -0.25) is 14.6 Å². The smallest absolute Gasteiger partial charge is 0.256 e. The Balaban J connectivity index is 2.29. The van der Waals surface area contributed by atoms with E-state index >= 15 is 0 Å². The second-order valence-electron chi connectivity index (χ2n) is 3.36. The van der Waals surface area contributed by atoms with E-state index in [0.717, 1.165) is 0 Å². The monoisotopic (exact) mass is 233 g/mol. The van der Waals surface area contributed by atoms with Gasteiger partial charge in [-0.2, -0.15) is 5.10 Å². The van der Waals surface area contributed by atoms with Crippen LogP contribution in [0.5, 0.6) is 0 Å². The number of nitrogens with one attached hydrogen (secondary N) is 2. The van der Waals surface area contributed by atoms with Gasteiger partial charge in [0, 0.05) is 31.2 Å². The van der Waals surface area contributed by atoms with Crippen molar-refractivity contribution in [2.24, 2.45) is 0 Å². The van der Waals surface area contributed by atoms with Gasteiger partial charge in [0.2, 0.25) is 11.9 Å². The summed E-state index contributed by atoms with van der Waals surface area (Å²) in [4.78, 5) is 29.4. The quantitative estimate of drug-likeness (QED) is 0.729. The van der Waals surface area contributed by atoms with E-state index in [0.29, 0.717) is 11.5 Å². The van der Waals surface area contributed by atoms with Crippen molar-refractivity contribution in [3.05, 3.63) is 40.6 Å². The van der Waals surface area contributed by atoms with Gasteiger partial charge in [-0.05, 0) is 6.07 Å². The number of likely N-dealkylation sites (N-methyl/N-ethyl adjacent to an activating group) is 1. The summed E-state index contributed by atoms with van der Waals surface area (Å²) in [5.41, 5.74) is -0.0191. The summed E-state index contributed by atoms with van der Waals surface area (Å²) in [5, 5.41) is 6.38. The molecule has 0 atom stereocenters. The van der Waals surface area contributed by atoms with Crippen molar-refractivity contribution in [2.45, 2.75) is 6.42 Å². The molecule has 88 valence electrons. The fourth-order valence-corrected chi connectivity index (χ4v) is 1.31. The summed E-state index contributed by atoms with van der Waals surface area (Å²) in [6.45, 7) is 0. The molecule has 2 rings (SSSR count). The number of H-pyrrole nitrogens is 1. The number of hydrogen-bond acceptors (Lipinski definition) is 4. The maximum Gasteiger partial charge on any atom is 0.256 e. The Hall–Kier alpha value is -2.44. The molecular weight excluding hydrogens is 222 g/mol. The van der Waals surface area contributed by atoms with E-state index in [4.69, 9.17) is 0 Å². The lowest BCUT2D eigenvalue weighted by Gasteiger charge is -2.02. The molecule has 7 heteroatoms. The van der Waals surface area contributed by atoms with E-state index in [1.165, 1.54) is 17.9 Å². The molecule has 0 fully saturated rings. The van der Waals surface area contributed by atoms with Crippen LogP contribution >= 0.6 is 0 Å². The standard InChI is InChI=1S/C10H11N5O2/c1-11-8(16)5-7-6-12-10(14-9(7)17)15-4-2-3-13-15/h2-4,6H,5H2,1H3,(H,11,16)(H,12,14,17). The van der Waals surface area contributed by atoms with Gasteiger partial charge >= 0.3 is 0 Å². The van der Waals surface area contributed by atoms with Gasteiger partial charge in [-0.25, -0.2) is 9.67 Å². The molecule has 0 aliphatic rings. The molecule has 2 aromatic rings. The van der Waals surface area contributed by atoms with Gasteiger partial charge in [0.15, 0.2) is 0 Å². The van der Waals surface area contributed by atoms with Crippen LogP contribution in [0.2, 0.25) is 0 Å². The predicted octanol–water partition coefficient (Wildman–Crippen LogP) is -0.756. The lowest BCUT2D eigenvalue weighted by Crippen LogP contribution is -2.25. The molecule has 0 aliphatic heterocycles. The number of amides is 1. The zero-order chi connectivity index (χ0) is 12.3. The third-order valence-electron chi connectivity index (χ3n) is 2.21. The molecule has 0 aliphatic carbocycles. The van der Waals surface area contributed by atoms with Crippen LogP contribution in [0.1, 0.15) is 5.56 Å². The van der Waals surface area contributed by atoms with Crippen LogP contribution < -0.4 is 10.9 Å². The topological polar surface area (TPSA) is 92.7 Å². The molecule has 0 spiro atoms. The number of carbonyl (C=O) groups is 1. The first kappa shape index (κ1) is 11.1. The minimum atomic E-state index is -0.339. The second-order valence-corrected chi connectivity index (χ2v) is 3.36. The predicted molar refractivity (Wildman–Crippen MR) is 59.8 cm³/mol. The van der Waals surface area contributed by atoms with E-state index in [2.05, 4.69) is 20.4 Å². The lowest BCUT2D eigenvalue weighted by molar-refractivity contribution is -0.119. The van der Waals surface area contributed by atoms with E-state index in [9.17, 15) is 9.59 Å². The third kappa shape index (κ3) is 2.39. The van der Waals surface area contributed by atoms with Crippen molar-refractivity contribution in [1.82, 2.24) is 25.1 Å². The minimum absolute atomic E-state index is 0.0121. The molecule has 2 heterocycles. The highest BCUT2D eigenvalue weighted by atomic mass is 16.2. The van der Waals surface area contributed by atoms with E-state index in [1.54, 1.807) is 18.5 Å². The van der Waals surface area contributed by atoms with Gasteiger partial charge in [0.25, 0.3) is 5.56 Å². The Morgan fingerprint density at radius 2 is 2.41 bits per heavy atom. The van der Waals surface area contributed by atoms with Crippen molar-refractivity contribution in [2.75, 3.05) is 7.05 Å². The first-order chi connectivity index (χ1) is 8.20. The fraction of sp³-hybridized carbons (Fsp3) is 0.200. The molecule has 17 heavy (non-hydrogen) atoms. The number of carbonyl (C=O) groups excluding carboxylic acids is 1. The number of aromatic nitrogens is 4. The van der Waals surface area contributed by atoms with Crippen LogP contribution in [0.4, 0.5) is 0 Å². The fourth-order valence-electron chi connectivity index (χ4n) is 1.31. The molecule has 0 radical (unpaired) electrons. The molecule has 0 unspecified atom stereocenters. The number of nitrogens with zero attached hydrogens (tertiary/aromatic N) is 3. The maximum atomic E-state index is 11.7. The summed E-state index contributed by atoms with van der Waals surface area (Å²) in [5.74, 6) is 0.0878. The summed E-state index contributed by atoms with van der Waals surface area (Å²) >= 11 is 0. The maximum absolute atomic E-state index is 11.7. The van der Waals surface area contributed by atoms with Crippen molar-refractivity contribution >= 4 is 5.91 Å². The number of hydrogen-bond donors (Lipinski definition) is 2. The van der Waals surface area contributed by atoms with Crippen LogP contribution in [0, 0.1) is 0 Å². The second kappa shape index (κ2) is 4.60. The highest BCUT2D eigenvalue weighted by Gasteiger charge is 2.07. The van der Waals surface area contributed by atoms with Crippen molar-refractivity contribution in [3.63, 3.8) is 0 Å². The van der Waals surface area contributed by atoms with Gasteiger partial charge in [-0.15, -0.1) is 0 Å². The van der Waals surface area contributed by atoms with Crippen LogP contribution in [0.3, 0.4) is 0 Å². The SMILES string of the molecule is CNC(=O)Cc1cnc(-n2cccn2)[nH]c1=O. The largest absolute Gasteiger partial charge is 0.359 e. The molecule has 0 saturated heterocycles. The van der Waals surface area contributed by atoms with Crippen molar-refractivity contribution in [3.8, 4) is 5.95 Å². The Morgan fingerprint density at radius 3 is 3.00 bits per heavy atom. The zero-order valence-electron chi connectivity index (χ0n) is 9.17. The Labute approximate surface area is 96.5 Å². The highest BCUT2D eigenvalue weighted by Crippen LogP contribution is 1.96. The Kier molecular flexibility index (Phi) is 2.99. The van der Waals surface area contributed by atoms with E-state index in [-0.39, 0.29) is 17.9 Å². The zero-order valence-corrected chi connectivity index (χ0v) is 9.17. The summed E-state index contributed by atoms with van der Waals surface area (Å²) in [6, 6.07) is 1.72. The number of aromatic amines is 1. The normalized spacial score (nSPS) is 10.2.